The third-order valence-electron chi connectivity index (χ3n) is 2.39. The summed E-state index contributed by atoms with van der Waals surface area (Å²) in [5, 5.41) is 12.0. The molecule has 2 N–H and O–H groups in total. The van der Waals surface area contributed by atoms with Crippen LogP contribution in [0.25, 0.3) is 0 Å². The highest BCUT2D eigenvalue weighted by Gasteiger charge is 2.15. The molecule has 0 saturated heterocycles. The highest BCUT2D eigenvalue weighted by molar-refractivity contribution is 5.22. The summed E-state index contributed by atoms with van der Waals surface area (Å²) < 4.78 is 26.5. The van der Waals surface area contributed by atoms with E-state index in [-0.39, 0.29) is 18.2 Å². The van der Waals surface area contributed by atoms with Gasteiger partial charge in [-0.25, -0.2) is 8.78 Å². The van der Waals surface area contributed by atoms with Crippen molar-refractivity contribution in [1.29, 1.82) is 0 Å². The molecule has 0 saturated carbocycles. The number of benzene rings is 1. The zero-order valence-corrected chi connectivity index (χ0v) is 9.34. The predicted molar refractivity (Wildman–Crippen MR) is 59.1 cm³/mol. The average Bonchev–Trinajstić information content (AvgIpc) is 2.28. The minimum absolute atomic E-state index is 0.0582. The smallest absolute Gasteiger partial charge is 0.128 e. The van der Waals surface area contributed by atoms with Gasteiger partial charge >= 0.3 is 0 Å². The maximum atomic E-state index is 13.5. The number of halogens is 2. The van der Waals surface area contributed by atoms with E-state index in [0.29, 0.717) is 13.0 Å². The molecule has 16 heavy (non-hydrogen) atoms. The summed E-state index contributed by atoms with van der Waals surface area (Å²) >= 11 is 0. The van der Waals surface area contributed by atoms with Gasteiger partial charge in [0.05, 0.1) is 0 Å². The fourth-order valence-corrected chi connectivity index (χ4v) is 1.60. The molecule has 1 aromatic rings. The van der Waals surface area contributed by atoms with Gasteiger partial charge in [-0.05, 0) is 37.6 Å². The van der Waals surface area contributed by atoms with Gasteiger partial charge in [-0.15, -0.1) is 0 Å². The van der Waals surface area contributed by atoms with E-state index in [2.05, 4.69) is 5.32 Å². The van der Waals surface area contributed by atoms with Crippen molar-refractivity contribution in [1.82, 2.24) is 5.32 Å². The van der Waals surface area contributed by atoms with Crippen molar-refractivity contribution in [3.63, 3.8) is 0 Å². The van der Waals surface area contributed by atoms with Crippen LogP contribution in [-0.4, -0.2) is 18.3 Å². The van der Waals surface area contributed by atoms with Crippen LogP contribution in [0.4, 0.5) is 8.78 Å². The standard InChI is InChI=1S/C12H17F2NO/c1-2-6-15-12(5-7-16)10-8-9(13)3-4-11(10)14/h3-4,8,12,15-16H,2,5-7H2,1H3. The quantitative estimate of drug-likeness (QED) is 0.785. The van der Waals surface area contributed by atoms with Crippen LogP contribution in [-0.2, 0) is 0 Å². The molecule has 0 heterocycles. The molecule has 2 nitrogen and oxygen atoms in total. The highest BCUT2D eigenvalue weighted by Crippen LogP contribution is 2.21. The van der Waals surface area contributed by atoms with E-state index in [9.17, 15) is 8.78 Å². The molecular formula is C12H17F2NO. The van der Waals surface area contributed by atoms with E-state index >= 15 is 0 Å². The lowest BCUT2D eigenvalue weighted by molar-refractivity contribution is 0.264. The van der Waals surface area contributed by atoms with E-state index in [0.717, 1.165) is 18.6 Å². The minimum atomic E-state index is -0.461. The number of aliphatic hydroxyl groups excluding tert-OH is 1. The molecule has 0 aliphatic heterocycles. The summed E-state index contributed by atoms with van der Waals surface area (Å²) in [7, 11) is 0. The molecular weight excluding hydrogens is 212 g/mol. The lowest BCUT2D eigenvalue weighted by atomic mass is 10.0. The topological polar surface area (TPSA) is 32.3 Å². The largest absolute Gasteiger partial charge is 0.396 e. The maximum Gasteiger partial charge on any atom is 0.128 e. The highest BCUT2D eigenvalue weighted by atomic mass is 19.1. The molecule has 1 atom stereocenters. The summed E-state index contributed by atoms with van der Waals surface area (Å²) in [5.41, 5.74) is 0.280. The fourth-order valence-electron chi connectivity index (χ4n) is 1.60. The zero-order valence-electron chi connectivity index (χ0n) is 9.34. The summed E-state index contributed by atoms with van der Waals surface area (Å²) in [6, 6.07) is 3.05. The Morgan fingerprint density at radius 3 is 2.75 bits per heavy atom. The Hall–Kier alpha value is -1.00. The zero-order chi connectivity index (χ0) is 12.0. The first-order chi connectivity index (χ1) is 7.69. The van der Waals surface area contributed by atoms with Crippen LogP contribution in [0.15, 0.2) is 18.2 Å². The summed E-state index contributed by atoms with van der Waals surface area (Å²) in [5.74, 6) is -0.902. The van der Waals surface area contributed by atoms with E-state index < -0.39 is 11.6 Å². The lowest BCUT2D eigenvalue weighted by Crippen LogP contribution is -2.24. The number of rotatable bonds is 6. The Morgan fingerprint density at radius 2 is 2.12 bits per heavy atom. The van der Waals surface area contributed by atoms with Gasteiger partial charge in [0.25, 0.3) is 0 Å². The van der Waals surface area contributed by atoms with E-state index in [4.69, 9.17) is 5.11 Å². The molecule has 1 rings (SSSR count). The Bertz CT molecular complexity index is 331. The molecule has 0 aliphatic rings. The maximum absolute atomic E-state index is 13.5. The first-order valence-electron chi connectivity index (χ1n) is 5.48. The van der Waals surface area contributed by atoms with Gasteiger partial charge in [0.15, 0.2) is 0 Å². The van der Waals surface area contributed by atoms with Gasteiger partial charge in [0.2, 0.25) is 0 Å². The molecule has 4 heteroatoms. The van der Waals surface area contributed by atoms with Crippen LogP contribution >= 0.6 is 0 Å². The Kier molecular flexibility index (Phi) is 5.35. The SMILES string of the molecule is CCCNC(CCO)c1cc(F)ccc1F. The average molecular weight is 229 g/mol. The second-order valence-electron chi connectivity index (χ2n) is 3.68. The number of hydrogen-bond acceptors (Lipinski definition) is 2. The summed E-state index contributed by atoms with van der Waals surface area (Å²) in [4.78, 5) is 0. The lowest BCUT2D eigenvalue weighted by Gasteiger charge is -2.18. The van der Waals surface area contributed by atoms with Gasteiger partial charge in [-0.1, -0.05) is 6.92 Å². The second kappa shape index (κ2) is 6.55. The molecule has 0 spiro atoms. The van der Waals surface area contributed by atoms with Crippen molar-refractivity contribution in [2.75, 3.05) is 13.2 Å². The van der Waals surface area contributed by atoms with Crippen molar-refractivity contribution in [2.45, 2.75) is 25.8 Å². The van der Waals surface area contributed by atoms with Crippen molar-refractivity contribution in [3.05, 3.63) is 35.4 Å². The monoisotopic (exact) mass is 229 g/mol. The van der Waals surface area contributed by atoms with Crippen LogP contribution in [0.3, 0.4) is 0 Å². The Morgan fingerprint density at radius 1 is 1.38 bits per heavy atom. The van der Waals surface area contributed by atoms with Crippen LogP contribution in [0.2, 0.25) is 0 Å². The predicted octanol–water partition coefficient (Wildman–Crippen LogP) is 2.39. The molecule has 0 aromatic heterocycles. The Balaban J connectivity index is 2.85. The van der Waals surface area contributed by atoms with Crippen molar-refractivity contribution in [2.24, 2.45) is 0 Å². The van der Waals surface area contributed by atoms with Crippen molar-refractivity contribution >= 4 is 0 Å². The van der Waals surface area contributed by atoms with Gasteiger partial charge in [-0.3, -0.25) is 0 Å². The van der Waals surface area contributed by atoms with Gasteiger partial charge in [0, 0.05) is 18.2 Å². The Labute approximate surface area is 94.3 Å². The summed E-state index contributed by atoms with van der Waals surface area (Å²) in [6.07, 6.45) is 1.28. The molecule has 0 bridgehead atoms. The minimum Gasteiger partial charge on any atom is -0.396 e. The molecule has 0 aliphatic carbocycles. The molecule has 1 unspecified atom stereocenters. The van der Waals surface area contributed by atoms with Gasteiger partial charge < -0.3 is 10.4 Å². The molecule has 90 valence electrons. The van der Waals surface area contributed by atoms with Crippen LogP contribution in [0, 0.1) is 11.6 Å². The fraction of sp³-hybridized carbons (Fsp3) is 0.500. The van der Waals surface area contributed by atoms with Crippen LogP contribution < -0.4 is 5.32 Å². The second-order valence-corrected chi connectivity index (χ2v) is 3.68. The van der Waals surface area contributed by atoms with E-state index in [1.165, 1.54) is 6.07 Å². The van der Waals surface area contributed by atoms with Crippen LogP contribution in [0.1, 0.15) is 31.4 Å². The van der Waals surface area contributed by atoms with Gasteiger partial charge in [0.1, 0.15) is 11.6 Å². The first kappa shape index (κ1) is 13.1. The van der Waals surface area contributed by atoms with Crippen molar-refractivity contribution in [3.8, 4) is 0 Å². The van der Waals surface area contributed by atoms with Gasteiger partial charge in [-0.2, -0.15) is 0 Å². The molecule has 1 aromatic carbocycles. The number of hydrogen-bond donors (Lipinski definition) is 2. The third-order valence-corrected chi connectivity index (χ3v) is 2.39. The number of nitrogens with one attached hydrogen (secondary N) is 1. The van der Waals surface area contributed by atoms with Crippen molar-refractivity contribution < 1.29 is 13.9 Å². The van der Waals surface area contributed by atoms with Crippen LogP contribution in [0.5, 0.6) is 0 Å². The van der Waals surface area contributed by atoms with E-state index in [1.54, 1.807) is 0 Å². The first-order valence-corrected chi connectivity index (χ1v) is 5.48. The van der Waals surface area contributed by atoms with E-state index in [1.807, 2.05) is 6.92 Å². The molecule has 0 fully saturated rings. The number of aliphatic hydroxyl groups is 1. The normalized spacial score (nSPS) is 12.8. The third kappa shape index (κ3) is 3.54. The molecule has 0 radical (unpaired) electrons. The summed E-state index contributed by atoms with van der Waals surface area (Å²) in [6.45, 7) is 2.64. The molecule has 0 amide bonds.